The Balaban J connectivity index is 2.21. The van der Waals surface area contributed by atoms with Gasteiger partial charge in [-0.2, -0.15) is 0 Å². The third kappa shape index (κ3) is 2.27. The van der Waals surface area contributed by atoms with E-state index in [2.05, 4.69) is 5.32 Å². The van der Waals surface area contributed by atoms with Gasteiger partial charge in [0.1, 0.15) is 0 Å². The van der Waals surface area contributed by atoms with Gasteiger partial charge >= 0.3 is 0 Å². The van der Waals surface area contributed by atoms with Gasteiger partial charge in [-0.3, -0.25) is 4.79 Å². The van der Waals surface area contributed by atoms with Crippen LogP contribution in [0.15, 0.2) is 18.2 Å². The third-order valence-corrected chi connectivity index (χ3v) is 4.15. The molecular formula is C15H22N2O. The molecule has 1 fully saturated rings. The monoisotopic (exact) mass is 246 g/mol. The highest BCUT2D eigenvalue weighted by atomic mass is 16.2. The van der Waals surface area contributed by atoms with Crippen molar-refractivity contribution in [3.8, 4) is 0 Å². The number of hydrogen-bond donors (Lipinski definition) is 2. The van der Waals surface area contributed by atoms with Crippen LogP contribution in [0.4, 0.5) is 5.69 Å². The Morgan fingerprint density at radius 1 is 1.28 bits per heavy atom. The largest absolute Gasteiger partial charge is 0.329 e. The van der Waals surface area contributed by atoms with Gasteiger partial charge in [0.15, 0.2) is 0 Å². The topological polar surface area (TPSA) is 55.1 Å². The molecule has 1 aliphatic carbocycles. The highest BCUT2D eigenvalue weighted by Crippen LogP contribution is 2.38. The van der Waals surface area contributed by atoms with Crippen molar-refractivity contribution >= 4 is 11.6 Å². The average Bonchev–Trinajstić information content (AvgIpc) is 2.84. The molecule has 1 aromatic rings. The first-order chi connectivity index (χ1) is 8.59. The molecule has 3 nitrogen and oxygen atoms in total. The molecule has 1 aromatic carbocycles. The molecule has 0 unspecified atom stereocenters. The van der Waals surface area contributed by atoms with Gasteiger partial charge in [0, 0.05) is 12.2 Å². The molecular weight excluding hydrogens is 224 g/mol. The fourth-order valence-electron chi connectivity index (χ4n) is 2.83. The fourth-order valence-corrected chi connectivity index (χ4v) is 2.83. The second kappa shape index (κ2) is 5.11. The zero-order valence-electron chi connectivity index (χ0n) is 11.3. The number of anilines is 1. The molecule has 1 saturated carbocycles. The highest BCUT2D eigenvalue weighted by Gasteiger charge is 2.39. The van der Waals surface area contributed by atoms with Gasteiger partial charge in [-0.05, 0) is 37.8 Å². The number of amides is 1. The summed E-state index contributed by atoms with van der Waals surface area (Å²) in [4.78, 5) is 12.5. The molecule has 0 spiro atoms. The molecule has 98 valence electrons. The average molecular weight is 246 g/mol. The van der Waals surface area contributed by atoms with Crippen molar-refractivity contribution in [3.63, 3.8) is 0 Å². The Morgan fingerprint density at radius 2 is 1.83 bits per heavy atom. The summed E-state index contributed by atoms with van der Waals surface area (Å²) < 4.78 is 0. The van der Waals surface area contributed by atoms with Gasteiger partial charge in [-0.1, -0.05) is 31.0 Å². The lowest BCUT2D eigenvalue weighted by molar-refractivity contribution is -0.124. The fraction of sp³-hybridized carbons (Fsp3) is 0.533. The van der Waals surface area contributed by atoms with E-state index in [9.17, 15) is 4.79 Å². The van der Waals surface area contributed by atoms with Crippen molar-refractivity contribution in [2.24, 2.45) is 11.1 Å². The summed E-state index contributed by atoms with van der Waals surface area (Å²) in [7, 11) is 0. The van der Waals surface area contributed by atoms with Crippen molar-refractivity contribution in [2.45, 2.75) is 39.5 Å². The lowest BCUT2D eigenvalue weighted by atomic mass is 9.85. The van der Waals surface area contributed by atoms with E-state index < -0.39 is 0 Å². The van der Waals surface area contributed by atoms with Crippen LogP contribution < -0.4 is 11.1 Å². The molecule has 3 N–H and O–H groups in total. The van der Waals surface area contributed by atoms with Gasteiger partial charge < -0.3 is 11.1 Å². The number of rotatable bonds is 3. The van der Waals surface area contributed by atoms with Gasteiger partial charge in [-0.25, -0.2) is 0 Å². The normalized spacial score (nSPS) is 17.7. The summed E-state index contributed by atoms with van der Waals surface area (Å²) in [5.74, 6) is 0.0971. The number of nitrogens with one attached hydrogen (secondary N) is 1. The maximum Gasteiger partial charge on any atom is 0.231 e. The van der Waals surface area contributed by atoms with Crippen molar-refractivity contribution in [1.82, 2.24) is 0 Å². The molecule has 0 aromatic heterocycles. The van der Waals surface area contributed by atoms with Crippen LogP contribution in [0.25, 0.3) is 0 Å². The Bertz CT molecular complexity index is 428. The first kappa shape index (κ1) is 13.1. The maximum atomic E-state index is 12.5. The molecule has 0 saturated heterocycles. The minimum absolute atomic E-state index is 0.0971. The minimum Gasteiger partial charge on any atom is -0.329 e. The van der Waals surface area contributed by atoms with Crippen LogP contribution in [-0.2, 0) is 4.79 Å². The number of benzene rings is 1. The summed E-state index contributed by atoms with van der Waals surface area (Å²) in [5, 5.41) is 3.09. The summed E-state index contributed by atoms with van der Waals surface area (Å²) in [6.07, 6.45) is 4.05. The standard InChI is InChI=1S/C15H22N2O/c1-11-6-5-7-12(2)13(11)17-14(18)15(10-16)8-3-4-9-15/h5-7H,3-4,8-10,16H2,1-2H3,(H,17,18). The van der Waals surface area contributed by atoms with Gasteiger partial charge in [0.25, 0.3) is 0 Å². The number of aryl methyl sites for hydroxylation is 2. The second-order valence-corrected chi connectivity index (χ2v) is 5.41. The molecule has 0 radical (unpaired) electrons. The van der Waals surface area contributed by atoms with Gasteiger partial charge in [0.2, 0.25) is 5.91 Å². The Morgan fingerprint density at radius 3 is 2.33 bits per heavy atom. The lowest BCUT2D eigenvalue weighted by Gasteiger charge is -2.26. The van der Waals surface area contributed by atoms with Crippen LogP contribution in [0.2, 0.25) is 0 Å². The van der Waals surface area contributed by atoms with Crippen LogP contribution in [-0.4, -0.2) is 12.5 Å². The molecule has 3 heteroatoms. The summed E-state index contributed by atoms with van der Waals surface area (Å²) in [6.45, 7) is 4.49. The predicted molar refractivity (Wildman–Crippen MR) is 74.5 cm³/mol. The van der Waals surface area contributed by atoms with E-state index >= 15 is 0 Å². The molecule has 0 heterocycles. The molecule has 0 bridgehead atoms. The van der Waals surface area contributed by atoms with Crippen LogP contribution >= 0.6 is 0 Å². The third-order valence-electron chi connectivity index (χ3n) is 4.15. The van der Waals surface area contributed by atoms with Crippen molar-refractivity contribution in [2.75, 3.05) is 11.9 Å². The number of nitrogens with two attached hydrogens (primary N) is 1. The molecule has 18 heavy (non-hydrogen) atoms. The predicted octanol–water partition coefficient (Wildman–Crippen LogP) is 2.76. The summed E-state index contributed by atoms with van der Waals surface area (Å²) in [5.41, 5.74) is 8.66. The molecule has 2 rings (SSSR count). The minimum atomic E-state index is -0.339. The van der Waals surface area contributed by atoms with E-state index in [1.807, 2.05) is 32.0 Å². The van der Waals surface area contributed by atoms with Crippen molar-refractivity contribution in [1.29, 1.82) is 0 Å². The lowest BCUT2D eigenvalue weighted by Crippen LogP contribution is -2.40. The quantitative estimate of drug-likeness (QED) is 0.861. The van der Waals surface area contributed by atoms with Gasteiger partial charge in [-0.15, -0.1) is 0 Å². The number of para-hydroxylation sites is 1. The highest BCUT2D eigenvalue weighted by molar-refractivity contribution is 5.97. The zero-order chi connectivity index (χ0) is 13.2. The Labute approximate surface area is 109 Å². The first-order valence-electron chi connectivity index (χ1n) is 6.67. The maximum absolute atomic E-state index is 12.5. The van der Waals surface area contributed by atoms with E-state index in [-0.39, 0.29) is 11.3 Å². The Hall–Kier alpha value is -1.35. The molecule has 1 aliphatic rings. The molecule has 0 aliphatic heterocycles. The summed E-state index contributed by atoms with van der Waals surface area (Å²) in [6, 6.07) is 6.05. The van der Waals surface area contributed by atoms with Crippen LogP contribution in [0.1, 0.15) is 36.8 Å². The van der Waals surface area contributed by atoms with Crippen molar-refractivity contribution in [3.05, 3.63) is 29.3 Å². The number of carbonyl (C=O) groups is 1. The Kier molecular flexibility index (Phi) is 3.71. The molecule has 1 amide bonds. The van der Waals surface area contributed by atoms with E-state index in [1.165, 1.54) is 0 Å². The van der Waals surface area contributed by atoms with E-state index in [0.717, 1.165) is 42.5 Å². The summed E-state index contributed by atoms with van der Waals surface area (Å²) >= 11 is 0. The van der Waals surface area contributed by atoms with Crippen molar-refractivity contribution < 1.29 is 4.79 Å². The van der Waals surface area contributed by atoms with Crippen LogP contribution in [0, 0.1) is 19.3 Å². The van der Waals surface area contributed by atoms with Crippen LogP contribution in [0.3, 0.4) is 0 Å². The first-order valence-corrected chi connectivity index (χ1v) is 6.67. The number of hydrogen-bond acceptors (Lipinski definition) is 2. The van der Waals surface area contributed by atoms with Crippen LogP contribution in [0.5, 0.6) is 0 Å². The second-order valence-electron chi connectivity index (χ2n) is 5.41. The SMILES string of the molecule is Cc1cccc(C)c1NC(=O)C1(CN)CCCC1. The number of carbonyl (C=O) groups excluding carboxylic acids is 1. The van der Waals surface area contributed by atoms with E-state index in [1.54, 1.807) is 0 Å². The zero-order valence-corrected chi connectivity index (χ0v) is 11.3. The smallest absolute Gasteiger partial charge is 0.231 e. The molecule has 0 atom stereocenters. The van der Waals surface area contributed by atoms with E-state index in [4.69, 9.17) is 5.73 Å². The van der Waals surface area contributed by atoms with Gasteiger partial charge in [0.05, 0.1) is 5.41 Å². The van der Waals surface area contributed by atoms with E-state index in [0.29, 0.717) is 6.54 Å².